The number of fused-ring (bicyclic) bond motifs is 1. The summed E-state index contributed by atoms with van der Waals surface area (Å²) in [7, 11) is 1.59. The number of carbonyl (C=O) groups excluding carboxylic acids is 1. The van der Waals surface area contributed by atoms with E-state index in [0.29, 0.717) is 27.3 Å². The minimum absolute atomic E-state index is 0.336. The topological polar surface area (TPSA) is 65.7 Å². The molecule has 0 spiro atoms. The molecule has 0 amide bonds. The van der Waals surface area contributed by atoms with Crippen molar-refractivity contribution >= 4 is 33.7 Å². The van der Waals surface area contributed by atoms with Crippen molar-refractivity contribution in [3.63, 3.8) is 0 Å². The van der Waals surface area contributed by atoms with Crippen LogP contribution in [0.1, 0.15) is 5.56 Å². The molecule has 0 aliphatic heterocycles. The Hall–Kier alpha value is -3.64. The summed E-state index contributed by atoms with van der Waals surface area (Å²) in [5, 5.41) is 0. The number of rotatable bonds is 5. The Morgan fingerprint density at radius 2 is 1.76 bits per heavy atom. The third kappa shape index (κ3) is 4.28. The van der Waals surface area contributed by atoms with Crippen molar-refractivity contribution in [3.05, 3.63) is 88.1 Å². The Morgan fingerprint density at radius 1 is 1.00 bits per heavy atom. The van der Waals surface area contributed by atoms with Crippen LogP contribution in [0.5, 0.6) is 11.5 Å². The van der Waals surface area contributed by atoms with Gasteiger partial charge in [-0.1, -0.05) is 53.8 Å². The van der Waals surface area contributed by atoms with E-state index in [-0.39, 0.29) is 0 Å². The quantitative estimate of drug-likeness (QED) is 0.261. The zero-order valence-corrected chi connectivity index (χ0v) is 16.3. The average Bonchev–Trinajstić information content (AvgIpc) is 3.12. The van der Waals surface area contributed by atoms with Gasteiger partial charge in [0.1, 0.15) is 11.5 Å². The summed E-state index contributed by atoms with van der Waals surface area (Å²) in [6.45, 7) is 0. The maximum Gasteiger partial charge on any atom is 0.396 e. The predicted molar refractivity (Wildman–Crippen MR) is 113 cm³/mol. The normalized spacial score (nSPS) is 11.1. The van der Waals surface area contributed by atoms with Gasteiger partial charge in [0.2, 0.25) is 0 Å². The van der Waals surface area contributed by atoms with Crippen molar-refractivity contribution in [1.82, 2.24) is 0 Å². The van der Waals surface area contributed by atoms with E-state index in [1.165, 1.54) is 6.08 Å². The Bertz CT molecular complexity index is 1230. The maximum absolute atomic E-state index is 12.3. The van der Waals surface area contributed by atoms with Crippen LogP contribution >= 0.6 is 11.3 Å². The summed E-state index contributed by atoms with van der Waals surface area (Å²) >= 11 is 0.964. The summed E-state index contributed by atoms with van der Waals surface area (Å²) in [6.07, 6.45) is 3.05. The van der Waals surface area contributed by atoms with Crippen LogP contribution in [0, 0.1) is 0 Å². The zero-order chi connectivity index (χ0) is 20.2. The first-order chi connectivity index (χ1) is 14.1. The smallest absolute Gasteiger partial charge is 0.396 e. The Labute approximate surface area is 170 Å². The molecule has 0 radical (unpaired) electrons. The lowest BCUT2D eigenvalue weighted by atomic mass is 10.0. The van der Waals surface area contributed by atoms with Gasteiger partial charge in [-0.15, -0.1) is 0 Å². The SMILES string of the molecule is COc1ccc(-c2cc(OC(=O)/C=C/c3ccccc3)cc3sc(=O)oc23)cc1. The molecule has 5 nitrogen and oxygen atoms in total. The molecule has 1 aromatic heterocycles. The molecule has 6 heteroatoms. The largest absolute Gasteiger partial charge is 0.497 e. The van der Waals surface area contributed by atoms with Gasteiger partial charge in [0.25, 0.3) is 0 Å². The molecular weight excluding hydrogens is 388 g/mol. The van der Waals surface area contributed by atoms with Gasteiger partial charge in [0, 0.05) is 17.7 Å². The Balaban J connectivity index is 1.67. The lowest BCUT2D eigenvalue weighted by molar-refractivity contribution is -0.128. The van der Waals surface area contributed by atoms with E-state index >= 15 is 0 Å². The molecule has 0 saturated carbocycles. The molecule has 1 heterocycles. The van der Waals surface area contributed by atoms with Crippen LogP contribution in [-0.2, 0) is 4.79 Å². The summed E-state index contributed by atoms with van der Waals surface area (Å²) in [5.74, 6) is 0.540. The minimum Gasteiger partial charge on any atom is -0.497 e. The zero-order valence-electron chi connectivity index (χ0n) is 15.5. The highest BCUT2D eigenvalue weighted by molar-refractivity contribution is 7.16. The van der Waals surface area contributed by atoms with E-state index in [4.69, 9.17) is 13.9 Å². The molecule has 0 unspecified atom stereocenters. The second-order valence-corrected chi connectivity index (χ2v) is 7.12. The molecule has 0 aliphatic rings. The van der Waals surface area contributed by atoms with Crippen LogP contribution < -0.4 is 14.4 Å². The van der Waals surface area contributed by atoms with Gasteiger partial charge < -0.3 is 13.9 Å². The molecule has 3 aromatic carbocycles. The first-order valence-electron chi connectivity index (χ1n) is 8.79. The third-order valence-electron chi connectivity index (χ3n) is 4.24. The third-order valence-corrected chi connectivity index (χ3v) is 5.01. The lowest BCUT2D eigenvalue weighted by Gasteiger charge is -2.07. The molecule has 4 aromatic rings. The molecule has 0 saturated heterocycles. The van der Waals surface area contributed by atoms with Gasteiger partial charge in [-0.25, -0.2) is 9.59 Å². The van der Waals surface area contributed by atoms with Gasteiger partial charge in [-0.05, 0) is 35.4 Å². The van der Waals surface area contributed by atoms with Crippen LogP contribution in [0.2, 0.25) is 0 Å². The summed E-state index contributed by atoms with van der Waals surface area (Å²) < 4.78 is 16.6. The van der Waals surface area contributed by atoms with E-state index in [1.807, 2.05) is 54.6 Å². The van der Waals surface area contributed by atoms with E-state index in [1.54, 1.807) is 25.3 Å². The highest BCUT2D eigenvalue weighted by Gasteiger charge is 2.14. The van der Waals surface area contributed by atoms with Gasteiger partial charge in [0.15, 0.2) is 5.58 Å². The van der Waals surface area contributed by atoms with Crippen molar-refractivity contribution in [2.45, 2.75) is 0 Å². The predicted octanol–water partition coefficient (Wildman–Crippen LogP) is 5.15. The molecule has 0 bridgehead atoms. The highest BCUT2D eigenvalue weighted by Crippen LogP contribution is 2.35. The molecule has 0 aliphatic carbocycles. The molecule has 29 heavy (non-hydrogen) atoms. The summed E-state index contributed by atoms with van der Waals surface area (Å²) in [5.41, 5.74) is 2.84. The molecule has 0 fully saturated rings. The van der Waals surface area contributed by atoms with Crippen LogP contribution in [0.25, 0.3) is 27.5 Å². The number of esters is 1. The van der Waals surface area contributed by atoms with Gasteiger partial charge in [0.05, 0.1) is 11.8 Å². The second-order valence-electron chi connectivity index (χ2n) is 6.15. The van der Waals surface area contributed by atoms with Gasteiger partial charge in [-0.2, -0.15) is 0 Å². The average molecular weight is 404 g/mol. The van der Waals surface area contributed by atoms with Crippen molar-refractivity contribution in [3.8, 4) is 22.6 Å². The first kappa shape index (κ1) is 18.7. The summed E-state index contributed by atoms with van der Waals surface area (Å²) in [4.78, 5) is 23.6. The number of hydrogen-bond acceptors (Lipinski definition) is 6. The number of ether oxygens (including phenoxy) is 2. The van der Waals surface area contributed by atoms with E-state index in [9.17, 15) is 9.59 Å². The van der Waals surface area contributed by atoms with Crippen molar-refractivity contribution in [2.75, 3.05) is 7.11 Å². The minimum atomic E-state index is -0.510. The van der Waals surface area contributed by atoms with Crippen molar-refractivity contribution in [1.29, 1.82) is 0 Å². The number of methoxy groups -OCH3 is 1. The fourth-order valence-electron chi connectivity index (χ4n) is 2.87. The highest BCUT2D eigenvalue weighted by atomic mass is 32.1. The van der Waals surface area contributed by atoms with Gasteiger partial charge in [-0.3, -0.25) is 0 Å². The fraction of sp³-hybridized carbons (Fsp3) is 0.0435. The first-order valence-corrected chi connectivity index (χ1v) is 9.61. The standard InChI is InChI=1S/C23H16O5S/c1-26-17-10-8-16(9-11-17)19-13-18(14-20-22(19)28-23(25)29-20)27-21(24)12-7-15-5-3-2-4-6-15/h2-14H,1H3/b12-7+. The van der Waals surface area contributed by atoms with Crippen molar-refractivity contribution < 1.29 is 18.7 Å². The Morgan fingerprint density at radius 3 is 2.48 bits per heavy atom. The fourth-order valence-corrected chi connectivity index (χ4v) is 3.60. The number of hydrogen-bond donors (Lipinski definition) is 0. The maximum atomic E-state index is 12.3. The molecule has 144 valence electrons. The van der Waals surface area contributed by atoms with E-state index < -0.39 is 10.9 Å². The van der Waals surface area contributed by atoms with Crippen LogP contribution in [0.15, 0.2) is 82.0 Å². The van der Waals surface area contributed by atoms with Gasteiger partial charge >= 0.3 is 10.9 Å². The van der Waals surface area contributed by atoms with E-state index in [2.05, 4.69) is 0 Å². The molecule has 4 rings (SSSR count). The van der Waals surface area contributed by atoms with Crippen LogP contribution in [0.3, 0.4) is 0 Å². The lowest BCUT2D eigenvalue weighted by Crippen LogP contribution is -2.03. The number of carbonyl (C=O) groups is 1. The number of benzene rings is 3. The second kappa shape index (κ2) is 8.16. The van der Waals surface area contributed by atoms with Crippen LogP contribution in [0.4, 0.5) is 0 Å². The molecule has 0 atom stereocenters. The molecule has 0 N–H and O–H groups in total. The van der Waals surface area contributed by atoms with E-state index in [0.717, 1.165) is 22.5 Å². The summed E-state index contributed by atoms with van der Waals surface area (Å²) in [6, 6.07) is 20.1. The van der Waals surface area contributed by atoms with Crippen molar-refractivity contribution in [2.24, 2.45) is 0 Å². The monoisotopic (exact) mass is 404 g/mol. The molecular formula is C23H16O5S. The van der Waals surface area contributed by atoms with Crippen LogP contribution in [-0.4, -0.2) is 13.1 Å². The Kier molecular flexibility index (Phi) is 5.27.